The van der Waals surface area contributed by atoms with Gasteiger partial charge in [-0.25, -0.2) is 0 Å². The van der Waals surface area contributed by atoms with E-state index in [2.05, 4.69) is 28.2 Å². The molecule has 0 spiro atoms. The van der Waals surface area contributed by atoms with Crippen molar-refractivity contribution in [2.75, 3.05) is 27.3 Å². The molecule has 1 aliphatic heterocycles. The van der Waals surface area contributed by atoms with Gasteiger partial charge in [0, 0.05) is 37.2 Å². The second kappa shape index (κ2) is 8.48. The summed E-state index contributed by atoms with van der Waals surface area (Å²) < 4.78 is 11.1. The summed E-state index contributed by atoms with van der Waals surface area (Å²) in [7, 11) is 3.15. The van der Waals surface area contributed by atoms with Crippen molar-refractivity contribution in [2.45, 2.75) is 25.3 Å². The van der Waals surface area contributed by atoms with Crippen molar-refractivity contribution >= 4 is 11.7 Å². The molecule has 0 bridgehead atoms. The number of carbonyl (C=O) groups is 1. The zero-order valence-corrected chi connectivity index (χ0v) is 17.6. The summed E-state index contributed by atoms with van der Waals surface area (Å²) in [5, 5.41) is 4.12. The Labute approximate surface area is 177 Å². The molecule has 1 heterocycles. The topological polar surface area (TPSA) is 77.2 Å². The van der Waals surface area contributed by atoms with Crippen LogP contribution in [0.25, 0.3) is 0 Å². The smallest absolute Gasteiger partial charge is 0.314 e. The van der Waals surface area contributed by atoms with Crippen LogP contribution in [-0.2, 0) is 16.1 Å². The number of benzene rings is 2. The van der Waals surface area contributed by atoms with Gasteiger partial charge in [-0.3, -0.25) is 9.69 Å². The maximum absolute atomic E-state index is 13.4. The first kappa shape index (κ1) is 20.4. The number of hydrogen-bond donors (Lipinski definition) is 1. The Balaban J connectivity index is 1.78. The molecular formula is C24H29N3O3. The lowest BCUT2D eigenvalue weighted by Gasteiger charge is -2.43. The first-order valence-electron chi connectivity index (χ1n) is 10.4. The predicted molar refractivity (Wildman–Crippen MR) is 116 cm³/mol. The molecule has 0 aromatic heterocycles. The molecule has 6 heteroatoms. The standard InChI is InChI=1S/C24H29N3O3/c1-29-22-11-7-6-10-18(22)19-12-13-21(26-25)20-15-27(14-17-8-4-3-5-9-17)16-24(19,20)23(28)30-2/h3-11,19-20H,12-16,25H2,1-2H3. The van der Waals surface area contributed by atoms with Crippen LogP contribution in [0.1, 0.15) is 29.9 Å². The number of nitrogens with zero attached hydrogens (tertiary/aromatic N) is 2. The number of fused-ring (bicyclic) bond motifs is 1. The van der Waals surface area contributed by atoms with Gasteiger partial charge >= 0.3 is 5.97 Å². The molecule has 2 aromatic carbocycles. The highest BCUT2D eigenvalue weighted by Crippen LogP contribution is 2.56. The Morgan fingerprint density at radius 2 is 1.87 bits per heavy atom. The van der Waals surface area contributed by atoms with Gasteiger partial charge in [-0.1, -0.05) is 48.5 Å². The molecule has 0 amide bonds. The maximum Gasteiger partial charge on any atom is 0.314 e. The minimum Gasteiger partial charge on any atom is -0.496 e. The van der Waals surface area contributed by atoms with Gasteiger partial charge in [0.15, 0.2) is 0 Å². The van der Waals surface area contributed by atoms with Crippen LogP contribution in [0.3, 0.4) is 0 Å². The largest absolute Gasteiger partial charge is 0.496 e. The zero-order chi connectivity index (χ0) is 21.1. The van der Waals surface area contributed by atoms with E-state index in [-0.39, 0.29) is 17.8 Å². The Bertz CT molecular complexity index is 930. The zero-order valence-electron chi connectivity index (χ0n) is 17.6. The fraction of sp³-hybridized carbons (Fsp3) is 0.417. The molecule has 1 aliphatic carbocycles. The molecule has 158 valence electrons. The van der Waals surface area contributed by atoms with Crippen molar-refractivity contribution in [1.82, 2.24) is 4.90 Å². The number of carbonyl (C=O) groups excluding carboxylic acids is 1. The first-order chi connectivity index (χ1) is 14.6. The van der Waals surface area contributed by atoms with Gasteiger partial charge in [0.1, 0.15) is 5.75 Å². The molecule has 4 rings (SSSR count). The fourth-order valence-corrected chi connectivity index (χ4v) is 5.49. The van der Waals surface area contributed by atoms with E-state index in [4.69, 9.17) is 15.3 Å². The summed E-state index contributed by atoms with van der Waals surface area (Å²) in [5.41, 5.74) is 2.43. The number of ether oxygens (including phenoxy) is 2. The van der Waals surface area contributed by atoms with Gasteiger partial charge in [0.25, 0.3) is 0 Å². The third kappa shape index (κ3) is 3.35. The molecule has 3 atom stereocenters. The number of likely N-dealkylation sites (tertiary alicyclic amines) is 1. The minimum atomic E-state index is -0.741. The van der Waals surface area contributed by atoms with E-state index in [1.807, 2.05) is 36.4 Å². The third-order valence-corrected chi connectivity index (χ3v) is 6.76. The monoisotopic (exact) mass is 407 g/mol. The van der Waals surface area contributed by atoms with E-state index in [1.165, 1.54) is 12.7 Å². The molecule has 1 saturated carbocycles. The van der Waals surface area contributed by atoms with Gasteiger partial charge in [-0.05, 0) is 30.0 Å². The third-order valence-electron chi connectivity index (χ3n) is 6.76. The highest BCUT2D eigenvalue weighted by Gasteiger charge is 2.61. The summed E-state index contributed by atoms with van der Waals surface area (Å²) >= 11 is 0. The lowest BCUT2D eigenvalue weighted by molar-refractivity contribution is -0.155. The Morgan fingerprint density at radius 3 is 2.57 bits per heavy atom. The number of para-hydroxylation sites is 1. The molecule has 6 nitrogen and oxygen atoms in total. The molecule has 2 aliphatic rings. The molecule has 2 N–H and O–H groups in total. The van der Waals surface area contributed by atoms with E-state index in [1.54, 1.807) is 7.11 Å². The van der Waals surface area contributed by atoms with E-state index >= 15 is 0 Å². The number of hydrazone groups is 1. The molecule has 0 radical (unpaired) electrons. The summed E-state index contributed by atoms with van der Waals surface area (Å²) in [5.74, 6) is 6.29. The Kier molecular flexibility index (Phi) is 5.77. The summed E-state index contributed by atoms with van der Waals surface area (Å²) in [6, 6.07) is 18.3. The van der Waals surface area contributed by atoms with Crippen molar-refractivity contribution in [2.24, 2.45) is 22.3 Å². The van der Waals surface area contributed by atoms with Gasteiger partial charge in [-0.2, -0.15) is 5.10 Å². The lowest BCUT2D eigenvalue weighted by Crippen LogP contribution is -2.50. The number of rotatable bonds is 5. The van der Waals surface area contributed by atoms with Crippen molar-refractivity contribution in [3.05, 3.63) is 65.7 Å². The number of methoxy groups -OCH3 is 2. The molecule has 30 heavy (non-hydrogen) atoms. The van der Waals surface area contributed by atoms with E-state index in [0.29, 0.717) is 6.54 Å². The highest BCUT2D eigenvalue weighted by atomic mass is 16.5. The summed E-state index contributed by atoms with van der Waals surface area (Å²) in [6.07, 6.45) is 1.54. The van der Waals surface area contributed by atoms with Crippen molar-refractivity contribution in [1.29, 1.82) is 0 Å². The van der Waals surface area contributed by atoms with Crippen LogP contribution in [0, 0.1) is 11.3 Å². The first-order valence-corrected chi connectivity index (χ1v) is 10.4. The van der Waals surface area contributed by atoms with Crippen LogP contribution in [0.5, 0.6) is 5.75 Å². The SMILES string of the molecule is COC(=O)C12CN(Cc3ccccc3)CC1C(=NN)CCC2c1ccccc1OC. The van der Waals surface area contributed by atoms with Crippen LogP contribution >= 0.6 is 0 Å². The predicted octanol–water partition coefficient (Wildman–Crippen LogP) is 3.18. The molecule has 1 saturated heterocycles. The van der Waals surface area contributed by atoms with E-state index in [0.717, 1.165) is 43.0 Å². The maximum atomic E-state index is 13.4. The number of hydrogen-bond acceptors (Lipinski definition) is 6. The van der Waals surface area contributed by atoms with Gasteiger partial charge < -0.3 is 15.3 Å². The van der Waals surface area contributed by atoms with Crippen LogP contribution in [0.15, 0.2) is 59.7 Å². The van der Waals surface area contributed by atoms with Gasteiger partial charge in [0.2, 0.25) is 0 Å². The van der Waals surface area contributed by atoms with Crippen LogP contribution < -0.4 is 10.6 Å². The van der Waals surface area contributed by atoms with E-state index in [9.17, 15) is 4.79 Å². The van der Waals surface area contributed by atoms with Gasteiger partial charge in [0.05, 0.1) is 19.6 Å². The molecule has 3 unspecified atom stereocenters. The van der Waals surface area contributed by atoms with Crippen LogP contribution in [0.4, 0.5) is 0 Å². The quantitative estimate of drug-likeness (QED) is 0.468. The van der Waals surface area contributed by atoms with Crippen LogP contribution in [-0.4, -0.2) is 43.9 Å². The summed E-state index contributed by atoms with van der Waals surface area (Å²) in [4.78, 5) is 15.8. The Morgan fingerprint density at radius 1 is 1.13 bits per heavy atom. The minimum absolute atomic E-state index is 0.0302. The van der Waals surface area contributed by atoms with Gasteiger partial charge in [-0.15, -0.1) is 0 Å². The highest BCUT2D eigenvalue weighted by molar-refractivity contribution is 5.96. The number of nitrogens with two attached hydrogens (primary N) is 1. The normalized spacial score (nSPS) is 27.6. The number of esters is 1. The molecular weight excluding hydrogens is 378 g/mol. The molecule has 2 aromatic rings. The Hall–Kier alpha value is -2.86. The van der Waals surface area contributed by atoms with Crippen molar-refractivity contribution in [3.8, 4) is 5.75 Å². The summed E-state index contributed by atoms with van der Waals surface area (Å²) in [6.45, 7) is 2.10. The van der Waals surface area contributed by atoms with Crippen molar-refractivity contribution < 1.29 is 14.3 Å². The molecule has 2 fully saturated rings. The van der Waals surface area contributed by atoms with E-state index < -0.39 is 5.41 Å². The average molecular weight is 408 g/mol. The van der Waals surface area contributed by atoms with Crippen LogP contribution in [0.2, 0.25) is 0 Å². The van der Waals surface area contributed by atoms with Crippen molar-refractivity contribution in [3.63, 3.8) is 0 Å². The second-order valence-electron chi connectivity index (χ2n) is 8.19. The average Bonchev–Trinajstić information content (AvgIpc) is 3.18. The lowest BCUT2D eigenvalue weighted by atomic mass is 9.58. The second-order valence-corrected chi connectivity index (χ2v) is 8.19. The fourth-order valence-electron chi connectivity index (χ4n) is 5.49.